The summed E-state index contributed by atoms with van der Waals surface area (Å²) < 4.78 is 129. The molecule has 2 amide bonds. The van der Waals surface area contributed by atoms with Crippen LogP contribution in [-0.2, 0) is 36.3 Å². The molecule has 1 aliphatic heterocycles. The minimum Gasteiger partial charge on any atom is -0.350 e. The van der Waals surface area contributed by atoms with E-state index < -0.39 is 87.2 Å². The highest BCUT2D eigenvalue weighted by Crippen LogP contribution is 2.49. The fourth-order valence-corrected chi connectivity index (χ4v) is 6.60. The number of rotatable bonds is 11. The highest BCUT2D eigenvalue weighted by Gasteiger charge is 2.41. The summed E-state index contributed by atoms with van der Waals surface area (Å²) in [7, 11) is -5.29. The molecule has 4 rings (SSSR count). The minimum atomic E-state index is -5.29. The maximum absolute atomic E-state index is 14.5. The SMILES string of the molecule is CC(=O)c1cn(CC(=O)N2C[C@H](F)C[C@H]2C(=O)NCc2cccc(C)c2F)c2cc(P(=O)(OCC(F)(F)F)OCC(F)(F)F)ccc12. The lowest BCUT2D eigenvalue weighted by Crippen LogP contribution is -2.46. The van der Waals surface area contributed by atoms with Gasteiger partial charge >= 0.3 is 19.9 Å². The van der Waals surface area contributed by atoms with Crippen LogP contribution in [0.2, 0.25) is 0 Å². The zero-order valence-electron chi connectivity index (χ0n) is 24.8. The number of aryl methyl sites for hydroxylation is 1. The molecule has 0 saturated carbocycles. The van der Waals surface area contributed by atoms with Gasteiger partial charge in [0.05, 0.1) is 17.4 Å². The first kappa shape index (κ1) is 36.0. The van der Waals surface area contributed by atoms with Crippen molar-refractivity contribution >= 4 is 41.4 Å². The van der Waals surface area contributed by atoms with E-state index in [-0.39, 0.29) is 35.0 Å². The molecule has 256 valence electrons. The first-order chi connectivity index (χ1) is 21.8. The van der Waals surface area contributed by atoms with E-state index in [1.54, 1.807) is 6.07 Å². The van der Waals surface area contributed by atoms with Gasteiger partial charge in [0.15, 0.2) is 19.0 Å². The number of benzene rings is 2. The molecule has 0 aliphatic carbocycles. The third-order valence-electron chi connectivity index (χ3n) is 7.26. The smallest absolute Gasteiger partial charge is 0.350 e. The number of nitrogens with zero attached hydrogens (tertiary/aromatic N) is 2. The molecule has 1 N–H and O–H groups in total. The van der Waals surface area contributed by atoms with E-state index in [2.05, 4.69) is 14.4 Å². The van der Waals surface area contributed by atoms with Crippen molar-refractivity contribution in [1.29, 1.82) is 0 Å². The molecule has 0 spiro atoms. The second kappa shape index (κ2) is 13.7. The fraction of sp³-hybridized carbons (Fsp3) is 0.414. The molecule has 1 aromatic heterocycles. The number of fused-ring (bicyclic) bond motifs is 1. The zero-order valence-corrected chi connectivity index (χ0v) is 25.6. The van der Waals surface area contributed by atoms with Crippen LogP contribution < -0.4 is 10.6 Å². The Bertz CT molecular complexity index is 1700. The van der Waals surface area contributed by atoms with Gasteiger partial charge in [0, 0.05) is 35.7 Å². The molecule has 1 saturated heterocycles. The number of Topliss-reactive ketones (excluding diaryl/α,β-unsaturated/α-hetero) is 1. The summed E-state index contributed by atoms with van der Waals surface area (Å²) in [4.78, 5) is 39.7. The van der Waals surface area contributed by atoms with E-state index in [1.165, 1.54) is 25.3 Å². The highest BCUT2D eigenvalue weighted by molar-refractivity contribution is 7.62. The van der Waals surface area contributed by atoms with Gasteiger partial charge in [-0.15, -0.1) is 0 Å². The molecule has 1 fully saturated rings. The van der Waals surface area contributed by atoms with Crippen molar-refractivity contribution in [3.8, 4) is 0 Å². The van der Waals surface area contributed by atoms with Gasteiger partial charge in [0.2, 0.25) is 11.8 Å². The number of amides is 2. The molecule has 47 heavy (non-hydrogen) atoms. The van der Waals surface area contributed by atoms with Crippen molar-refractivity contribution in [2.45, 2.75) is 57.9 Å². The Morgan fingerprint density at radius 2 is 1.66 bits per heavy atom. The lowest BCUT2D eigenvalue weighted by molar-refractivity contribution is -0.164. The first-order valence-electron chi connectivity index (χ1n) is 13.9. The third-order valence-corrected chi connectivity index (χ3v) is 9.11. The minimum absolute atomic E-state index is 0.0131. The molecule has 2 aromatic carbocycles. The average Bonchev–Trinajstić information content (AvgIpc) is 3.55. The molecule has 1 aliphatic rings. The molecule has 18 heteroatoms. The topological polar surface area (TPSA) is 107 Å². The molecule has 9 nitrogen and oxygen atoms in total. The molecule has 0 unspecified atom stereocenters. The van der Waals surface area contributed by atoms with Gasteiger partial charge in [0.1, 0.15) is 24.6 Å². The van der Waals surface area contributed by atoms with Crippen LogP contribution in [-0.4, -0.2) is 71.4 Å². The Hall–Kier alpha value is -3.82. The molecule has 3 aromatic rings. The summed E-state index contributed by atoms with van der Waals surface area (Å²) in [5, 5.41) is 1.84. The Morgan fingerprint density at radius 1 is 1.02 bits per heavy atom. The van der Waals surface area contributed by atoms with E-state index in [9.17, 15) is 54.1 Å². The molecular formula is C29H28F8N3O6P. The Labute approximate surface area is 262 Å². The van der Waals surface area contributed by atoms with Gasteiger partial charge in [-0.25, -0.2) is 8.78 Å². The number of nitrogens with one attached hydrogen (secondary N) is 1. The van der Waals surface area contributed by atoms with Crippen LogP contribution in [0.3, 0.4) is 0 Å². The predicted octanol–water partition coefficient (Wildman–Crippen LogP) is 5.52. The largest absolute Gasteiger partial charge is 0.412 e. The number of aromatic nitrogens is 1. The monoisotopic (exact) mass is 697 g/mol. The molecular weight excluding hydrogens is 669 g/mol. The normalized spacial score (nSPS) is 17.4. The number of likely N-dealkylation sites (tertiary alicyclic amines) is 1. The highest BCUT2D eigenvalue weighted by atomic mass is 31.2. The van der Waals surface area contributed by atoms with Gasteiger partial charge in [-0.2, -0.15) is 26.3 Å². The van der Waals surface area contributed by atoms with E-state index in [0.29, 0.717) is 5.56 Å². The van der Waals surface area contributed by atoms with Crippen LogP contribution >= 0.6 is 7.60 Å². The van der Waals surface area contributed by atoms with E-state index in [1.807, 2.05) is 0 Å². The third kappa shape index (κ3) is 8.76. The van der Waals surface area contributed by atoms with E-state index >= 15 is 0 Å². The number of carbonyl (C=O) groups is 3. The van der Waals surface area contributed by atoms with Gasteiger partial charge < -0.3 is 14.8 Å². The number of alkyl halides is 7. The molecule has 2 atom stereocenters. The maximum atomic E-state index is 14.5. The van der Waals surface area contributed by atoms with Crippen molar-refractivity contribution in [2.75, 3.05) is 19.8 Å². The number of halogens is 8. The lowest BCUT2D eigenvalue weighted by atomic mass is 10.1. The van der Waals surface area contributed by atoms with Gasteiger partial charge in [-0.3, -0.25) is 28.0 Å². The summed E-state index contributed by atoms with van der Waals surface area (Å²) in [5.41, 5.74) is 0.355. The molecule has 2 heterocycles. The summed E-state index contributed by atoms with van der Waals surface area (Å²) in [5.74, 6) is -2.69. The van der Waals surface area contributed by atoms with E-state index in [0.717, 1.165) is 34.6 Å². The quantitative estimate of drug-likeness (QED) is 0.161. The van der Waals surface area contributed by atoms with Crippen molar-refractivity contribution in [1.82, 2.24) is 14.8 Å². The maximum Gasteiger partial charge on any atom is 0.412 e. The molecule has 0 radical (unpaired) electrons. The van der Waals surface area contributed by atoms with E-state index in [4.69, 9.17) is 0 Å². The van der Waals surface area contributed by atoms with Crippen LogP contribution in [0.25, 0.3) is 10.9 Å². The summed E-state index contributed by atoms with van der Waals surface area (Å²) in [6.07, 6.45) is -11.0. The number of hydrogen-bond acceptors (Lipinski definition) is 6. The van der Waals surface area contributed by atoms with Gasteiger partial charge in [0.25, 0.3) is 0 Å². The predicted molar refractivity (Wildman–Crippen MR) is 151 cm³/mol. The first-order valence-corrected chi connectivity index (χ1v) is 15.4. The van der Waals surface area contributed by atoms with Crippen LogP contribution in [0.15, 0.2) is 42.6 Å². The lowest BCUT2D eigenvalue weighted by Gasteiger charge is -2.24. The standard InChI is InChI=1S/C29H28F8N3O6P/c1-16-4-3-5-18(26(16)31)10-38-27(43)24-8-19(30)11-40(24)25(42)13-39-12-22(17(2)41)21-7-6-20(9-23(21)39)47(44,45-14-28(32,33)34)46-15-29(35,36)37/h3-7,9,12,19,24H,8,10-11,13-15H2,1-2H3,(H,38,43)/t19-,24+/m1/s1. The summed E-state index contributed by atoms with van der Waals surface area (Å²) in [6, 6.07) is 6.08. The Morgan fingerprint density at radius 3 is 2.26 bits per heavy atom. The average molecular weight is 698 g/mol. The van der Waals surface area contributed by atoms with Crippen LogP contribution in [0, 0.1) is 12.7 Å². The number of carbonyl (C=O) groups excluding carboxylic acids is 3. The number of hydrogen-bond donors (Lipinski definition) is 1. The van der Waals surface area contributed by atoms with Crippen molar-refractivity contribution < 1.29 is 63.1 Å². The van der Waals surface area contributed by atoms with Crippen molar-refractivity contribution in [2.24, 2.45) is 0 Å². The van der Waals surface area contributed by atoms with Crippen LogP contribution in [0.5, 0.6) is 0 Å². The fourth-order valence-electron chi connectivity index (χ4n) is 5.06. The summed E-state index contributed by atoms with van der Waals surface area (Å²) in [6.45, 7) is -3.15. The van der Waals surface area contributed by atoms with Gasteiger partial charge in [-0.1, -0.05) is 24.3 Å². The van der Waals surface area contributed by atoms with Crippen molar-refractivity contribution in [3.63, 3.8) is 0 Å². The number of ketones is 1. The second-order valence-corrected chi connectivity index (χ2v) is 12.9. The van der Waals surface area contributed by atoms with Crippen LogP contribution in [0.4, 0.5) is 35.1 Å². The van der Waals surface area contributed by atoms with Crippen molar-refractivity contribution in [3.05, 3.63) is 65.1 Å². The molecule has 0 bridgehead atoms. The van der Waals surface area contributed by atoms with Gasteiger partial charge in [-0.05, 0) is 31.5 Å². The second-order valence-electron chi connectivity index (χ2n) is 10.9. The zero-order chi connectivity index (χ0) is 34.9. The Kier molecular flexibility index (Phi) is 10.5. The summed E-state index contributed by atoms with van der Waals surface area (Å²) >= 11 is 0. The van der Waals surface area contributed by atoms with Crippen LogP contribution in [0.1, 0.15) is 34.8 Å². The Balaban J connectivity index is 1.63.